The number of methoxy groups -OCH3 is 1. The van der Waals surface area contributed by atoms with Gasteiger partial charge in [-0.2, -0.15) is 0 Å². The van der Waals surface area contributed by atoms with Gasteiger partial charge in [0.1, 0.15) is 6.61 Å². The summed E-state index contributed by atoms with van der Waals surface area (Å²) in [4.78, 5) is 25.8. The van der Waals surface area contributed by atoms with E-state index in [0.29, 0.717) is 13.1 Å². The Kier molecular flexibility index (Phi) is 5.99. The van der Waals surface area contributed by atoms with E-state index in [0.717, 1.165) is 38.5 Å². The minimum atomic E-state index is 0.0311. The van der Waals surface area contributed by atoms with Crippen LogP contribution in [0.4, 0.5) is 0 Å². The fourth-order valence-electron chi connectivity index (χ4n) is 3.19. The summed E-state index contributed by atoms with van der Waals surface area (Å²) in [7, 11) is 1.53. The molecule has 0 aromatic carbocycles. The molecule has 2 amide bonds. The summed E-state index contributed by atoms with van der Waals surface area (Å²) >= 11 is 0. The highest BCUT2D eigenvalue weighted by atomic mass is 16.5. The van der Waals surface area contributed by atoms with Gasteiger partial charge < -0.3 is 20.7 Å². The van der Waals surface area contributed by atoms with Crippen molar-refractivity contribution in [3.63, 3.8) is 0 Å². The van der Waals surface area contributed by atoms with E-state index in [1.165, 1.54) is 7.11 Å². The maximum absolute atomic E-state index is 12.2. The molecule has 3 N–H and O–H groups in total. The van der Waals surface area contributed by atoms with Crippen molar-refractivity contribution in [3.8, 4) is 0 Å². The van der Waals surface area contributed by atoms with Crippen molar-refractivity contribution in [2.45, 2.75) is 50.6 Å². The Balaban J connectivity index is 1.70. The lowest BCUT2D eigenvalue weighted by atomic mass is 9.85. The highest BCUT2D eigenvalue weighted by Crippen LogP contribution is 2.23. The number of nitrogens with zero attached hydrogens (tertiary/aromatic N) is 1. The van der Waals surface area contributed by atoms with Gasteiger partial charge in [0, 0.05) is 38.2 Å². The lowest BCUT2D eigenvalue weighted by Crippen LogP contribution is -2.49. The molecule has 21 heavy (non-hydrogen) atoms. The largest absolute Gasteiger partial charge is 0.375 e. The predicted octanol–water partition coefficient (Wildman–Crippen LogP) is 0.258. The van der Waals surface area contributed by atoms with Crippen molar-refractivity contribution >= 4 is 11.8 Å². The van der Waals surface area contributed by atoms with E-state index in [4.69, 9.17) is 10.5 Å². The number of nitrogens with one attached hydrogen (secondary N) is 1. The lowest BCUT2D eigenvalue weighted by molar-refractivity contribution is -0.136. The number of hydrogen-bond acceptors (Lipinski definition) is 4. The number of rotatable bonds is 4. The van der Waals surface area contributed by atoms with E-state index in [9.17, 15) is 9.59 Å². The molecule has 2 fully saturated rings. The molecule has 0 bridgehead atoms. The van der Waals surface area contributed by atoms with Crippen LogP contribution in [-0.4, -0.2) is 55.6 Å². The molecule has 0 aromatic heterocycles. The van der Waals surface area contributed by atoms with Gasteiger partial charge in [0.25, 0.3) is 0 Å². The van der Waals surface area contributed by atoms with E-state index in [1.54, 1.807) is 0 Å². The van der Waals surface area contributed by atoms with Crippen molar-refractivity contribution in [1.29, 1.82) is 0 Å². The van der Waals surface area contributed by atoms with Crippen molar-refractivity contribution in [2.24, 2.45) is 11.7 Å². The van der Waals surface area contributed by atoms with Gasteiger partial charge in [-0.05, 0) is 38.5 Å². The third-order valence-electron chi connectivity index (χ3n) is 4.60. The van der Waals surface area contributed by atoms with Gasteiger partial charge in [-0.1, -0.05) is 0 Å². The van der Waals surface area contributed by atoms with Gasteiger partial charge in [0.15, 0.2) is 0 Å². The highest BCUT2D eigenvalue weighted by molar-refractivity contribution is 5.79. The topological polar surface area (TPSA) is 84.7 Å². The van der Waals surface area contributed by atoms with Gasteiger partial charge in [-0.15, -0.1) is 0 Å². The van der Waals surface area contributed by atoms with Crippen LogP contribution in [0.1, 0.15) is 38.5 Å². The number of amides is 2. The summed E-state index contributed by atoms with van der Waals surface area (Å²) in [6.07, 6.45) is 5.35. The maximum atomic E-state index is 12.2. The molecule has 6 nitrogen and oxygen atoms in total. The minimum absolute atomic E-state index is 0.0311. The van der Waals surface area contributed by atoms with Crippen LogP contribution in [0.15, 0.2) is 0 Å². The molecule has 0 unspecified atom stereocenters. The molecule has 1 saturated carbocycles. The number of piperidine rings is 1. The Morgan fingerprint density at radius 3 is 2.33 bits per heavy atom. The molecule has 120 valence electrons. The average Bonchev–Trinajstić information content (AvgIpc) is 2.49. The summed E-state index contributed by atoms with van der Waals surface area (Å²) in [5.74, 6) is 0.324. The van der Waals surface area contributed by atoms with Crippen LogP contribution in [0.2, 0.25) is 0 Å². The number of carbonyl (C=O) groups excluding carboxylic acids is 2. The van der Waals surface area contributed by atoms with Crippen LogP contribution < -0.4 is 11.1 Å². The average molecular weight is 297 g/mol. The molecular weight excluding hydrogens is 270 g/mol. The first-order valence-electron chi connectivity index (χ1n) is 7.92. The molecule has 2 aliphatic rings. The maximum Gasteiger partial charge on any atom is 0.248 e. The first-order valence-corrected chi connectivity index (χ1v) is 7.92. The van der Waals surface area contributed by atoms with Crippen LogP contribution >= 0.6 is 0 Å². The van der Waals surface area contributed by atoms with Gasteiger partial charge in [0.2, 0.25) is 11.8 Å². The Labute approximate surface area is 126 Å². The van der Waals surface area contributed by atoms with E-state index in [2.05, 4.69) is 5.32 Å². The van der Waals surface area contributed by atoms with E-state index >= 15 is 0 Å². The zero-order valence-electron chi connectivity index (χ0n) is 12.8. The molecule has 1 heterocycles. The first-order chi connectivity index (χ1) is 10.1. The smallest absolute Gasteiger partial charge is 0.248 e. The second-order valence-electron chi connectivity index (χ2n) is 6.21. The summed E-state index contributed by atoms with van der Waals surface area (Å²) < 4.78 is 4.87. The monoisotopic (exact) mass is 297 g/mol. The quantitative estimate of drug-likeness (QED) is 0.779. The van der Waals surface area contributed by atoms with Gasteiger partial charge in [-0.25, -0.2) is 0 Å². The van der Waals surface area contributed by atoms with Crippen molar-refractivity contribution in [1.82, 2.24) is 10.2 Å². The molecule has 0 spiro atoms. The first kappa shape index (κ1) is 16.2. The minimum Gasteiger partial charge on any atom is -0.375 e. The van der Waals surface area contributed by atoms with Crippen LogP contribution in [0.25, 0.3) is 0 Å². The fraction of sp³-hybridized carbons (Fsp3) is 0.867. The van der Waals surface area contributed by atoms with Crippen LogP contribution in [0, 0.1) is 5.92 Å². The lowest BCUT2D eigenvalue weighted by Gasteiger charge is -2.33. The normalized spacial score (nSPS) is 27.4. The number of carbonyl (C=O) groups is 2. The Morgan fingerprint density at radius 2 is 1.76 bits per heavy atom. The SMILES string of the molecule is COCC(=O)N1CCC(NC(=O)C2CCC(N)CC2)CC1. The summed E-state index contributed by atoms with van der Waals surface area (Å²) in [6.45, 7) is 1.53. The molecule has 0 atom stereocenters. The summed E-state index contributed by atoms with van der Waals surface area (Å²) in [6, 6.07) is 0.462. The number of ether oxygens (including phenoxy) is 1. The van der Waals surface area contributed by atoms with E-state index in [-0.39, 0.29) is 36.4 Å². The summed E-state index contributed by atoms with van der Waals surface area (Å²) in [5.41, 5.74) is 5.87. The Morgan fingerprint density at radius 1 is 1.14 bits per heavy atom. The molecule has 2 rings (SSSR count). The number of nitrogens with two attached hydrogens (primary N) is 1. The molecule has 1 aliphatic carbocycles. The molecule has 6 heteroatoms. The molecule has 0 radical (unpaired) electrons. The molecular formula is C15H27N3O3. The van der Waals surface area contributed by atoms with Gasteiger partial charge >= 0.3 is 0 Å². The van der Waals surface area contributed by atoms with E-state index < -0.39 is 0 Å². The van der Waals surface area contributed by atoms with Crippen molar-refractivity contribution in [2.75, 3.05) is 26.8 Å². The fourth-order valence-corrected chi connectivity index (χ4v) is 3.19. The summed E-state index contributed by atoms with van der Waals surface area (Å²) in [5, 5.41) is 3.15. The van der Waals surface area contributed by atoms with Crippen molar-refractivity contribution < 1.29 is 14.3 Å². The standard InChI is InChI=1S/C15H27N3O3/c1-21-10-14(19)18-8-6-13(7-9-18)17-15(20)11-2-4-12(16)5-3-11/h11-13H,2-10,16H2,1H3,(H,17,20). The van der Waals surface area contributed by atoms with Crippen molar-refractivity contribution in [3.05, 3.63) is 0 Å². The Bertz CT molecular complexity index is 359. The second-order valence-corrected chi connectivity index (χ2v) is 6.21. The third-order valence-corrected chi connectivity index (χ3v) is 4.60. The zero-order chi connectivity index (χ0) is 15.2. The van der Waals surface area contributed by atoms with Crippen LogP contribution in [-0.2, 0) is 14.3 Å². The Hall–Kier alpha value is -1.14. The molecule has 1 saturated heterocycles. The molecule has 0 aromatic rings. The third kappa shape index (κ3) is 4.68. The van der Waals surface area contributed by atoms with Crippen LogP contribution in [0.3, 0.4) is 0 Å². The number of hydrogen-bond donors (Lipinski definition) is 2. The predicted molar refractivity (Wildman–Crippen MR) is 79.6 cm³/mol. The van der Waals surface area contributed by atoms with Gasteiger partial charge in [-0.3, -0.25) is 9.59 Å². The highest BCUT2D eigenvalue weighted by Gasteiger charge is 2.28. The second kappa shape index (κ2) is 7.75. The molecule has 1 aliphatic heterocycles. The zero-order valence-corrected chi connectivity index (χ0v) is 12.8. The van der Waals surface area contributed by atoms with Crippen LogP contribution in [0.5, 0.6) is 0 Å². The van der Waals surface area contributed by atoms with E-state index in [1.807, 2.05) is 4.90 Å². The van der Waals surface area contributed by atoms with Gasteiger partial charge in [0.05, 0.1) is 0 Å². The number of likely N-dealkylation sites (tertiary alicyclic amines) is 1.